The van der Waals surface area contributed by atoms with Crippen LogP contribution in [0.15, 0.2) is 0 Å². The second kappa shape index (κ2) is 5.34. The zero-order valence-electron chi connectivity index (χ0n) is 10.7. The topological polar surface area (TPSA) is 220 Å². The van der Waals surface area contributed by atoms with E-state index in [0.717, 1.165) is 4.68 Å². The number of hydrogen-bond acceptors (Lipinski definition) is 12. The Bertz CT molecular complexity index is 970. The van der Waals surface area contributed by atoms with Crippen LogP contribution in [-0.2, 0) is 0 Å². The predicted molar refractivity (Wildman–Crippen MR) is 66.4 cm³/mol. The molecule has 0 aliphatic heterocycles. The summed E-state index contributed by atoms with van der Waals surface area (Å²) in [5, 5.41) is 52.7. The molecule has 0 unspecified atom stereocenters. The van der Waals surface area contributed by atoms with Gasteiger partial charge in [0.1, 0.15) is 5.10 Å². The summed E-state index contributed by atoms with van der Waals surface area (Å²) in [5.41, 5.74) is 0. The normalized spacial score (nSPS) is 9.61. The van der Waals surface area contributed by atoms with Crippen molar-refractivity contribution in [1.82, 2.24) is 50.3 Å². The van der Waals surface area contributed by atoms with Crippen LogP contribution in [0.25, 0.3) is 20.9 Å². The largest absolute Gasteiger partial charge is 0.601 e. The third-order valence-corrected chi connectivity index (χ3v) is 2.21. The molecule has 23 heavy (non-hydrogen) atoms. The minimum atomic E-state index is -0.370. The summed E-state index contributed by atoms with van der Waals surface area (Å²) in [6.07, 6.45) is 0. The van der Waals surface area contributed by atoms with Crippen LogP contribution in [0.2, 0.25) is 0 Å². The number of H-pyrrole nitrogens is 1. The minimum absolute atomic E-state index is 0.0657. The van der Waals surface area contributed by atoms with Gasteiger partial charge in [-0.1, -0.05) is 10.2 Å². The van der Waals surface area contributed by atoms with Gasteiger partial charge in [0.25, 0.3) is 5.95 Å². The monoisotopic (exact) mass is 312 g/mol. The molecule has 0 atom stereocenters. The smallest absolute Gasteiger partial charge is 0.275 e. The van der Waals surface area contributed by atoms with Gasteiger partial charge in [0.05, 0.1) is 16.2 Å². The lowest BCUT2D eigenvalue weighted by molar-refractivity contribution is 0.741. The molecule has 0 spiro atoms. The first-order chi connectivity index (χ1) is 11.2. The fraction of sp³-hybridized carbons (Fsp3) is 0. The Morgan fingerprint density at radius 3 is 2.26 bits per heavy atom. The average molecular weight is 312 g/mol. The Morgan fingerprint density at radius 2 is 1.65 bits per heavy atom. The fourth-order valence-electron chi connectivity index (χ4n) is 1.35. The SMILES string of the molecule is N#[N+]c1n[nH]c(Nc2nnc(-n3nc([N+]#N)nc3[N+]#N)nn2)n1. The number of nitrogens with one attached hydrogen (secondary N) is 2. The van der Waals surface area contributed by atoms with Crippen molar-refractivity contribution < 1.29 is 0 Å². The third kappa shape index (κ3) is 2.49. The highest BCUT2D eigenvalue weighted by atomic mass is 15.5. The van der Waals surface area contributed by atoms with Crippen molar-refractivity contribution >= 4 is 29.7 Å². The van der Waals surface area contributed by atoms with Crippen molar-refractivity contribution in [3.8, 4) is 5.95 Å². The van der Waals surface area contributed by atoms with E-state index in [1.165, 1.54) is 0 Å². The number of rotatable bonds is 3. The highest BCUT2D eigenvalue weighted by Gasteiger charge is 2.32. The molecule has 0 radical (unpaired) electrons. The molecule has 0 bridgehead atoms. The number of hydrogen-bond donors (Lipinski definition) is 2. The van der Waals surface area contributed by atoms with Crippen LogP contribution in [-0.4, -0.2) is 50.3 Å². The summed E-state index contributed by atoms with van der Waals surface area (Å²) in [4.78, 5) is 15.6. The molecule has 3 heterocycles. The molecule has 0 saturated heterocycles. The summed E-state index contributed by atoms with van der Waals surface area (Å²) in [7, 11) is 0. The van der Waals surface area contributed by atoms with E-state index < -0.39 is 0 Å². The van der Waals surface area contributed by atoms with E-state index in [0.29, 0.717) is 0 Å². The number of anilines is 2. The summed E-state index contributed by atoms with van der Waals surface area (Å²) < 4.78 is 0.843. The first-order valence-electron chi connectivity index (χ1n) is 5.53. The summed E-state index contributed by atoms with van der Waals surface area (Å²) in [6, 6.07) is 0. The number of nitrogens with zero attached hydrogens (tertiary/aromatic N) is 15. The summed E-state index contributed by atoms with van der Waals surface area (Å²) in [5.74, 6) is -1.08. The molecular formula is C6H2N17+3. The Morgan fingerprint density at radius 1 is 0.913 bits per heavy atom. The predicted octanol–water partition coefficient (Wildman–Crippen LogP) is 0.163. The van der Waals surface area contributed by atoms with Gasteiger partial charge in [-0.15, -0.1) is 10.2 Å². The molecule has 3 rings (SSSR count). The van der Waals surface area contributed by atoms with Crippen molar-refractivity contribution in [3.63, 3.8) is 0 Å². The van der Waals surface area contributed by atoms with Gasteiger partial charge in [-0.3, -0.25) is 5.32 Å². The molecule has 0 aromatic carbocycles. The van der Waals surface area contributed by atoms with Crippen molar-refractivity contribution in [2.45, 2.75) is 0 Å². The standard InChI is InChI=1S/C6HN17/c7-13-2-10-1(16-17-2)11-4-18-20-6(21-19-4)23-5(15-9)12-3(14-8)22-23/h7H/q+2/p+1. The molecule has 17 nitrogen and oxygen atoms in total. The van der Waals surface area contributed by atoms with E-state index in [9.17, 15) is 0 Å². The third-order valence-electron chi connectivity index (χ3n) is 2.21. The molecule has 3 aromatic heterocycles. The van der Waals surface area contributed by atoms with Crippen LogP contribution in [0.1, 0.15) is 0 Å². The molecular weight excluding hydrogens is 310 g/mol. The molecule has 3 aromatic rings. The lowest BCUT2D eigenvalue weighted by Crippen LogP contribution is -2.09. The molecule has 17 heteroatoms. The Balaban J connectivity index is 1.85. The molecule has 0 amide bonds. The van der Waals surface area contributed by atoms with E-state index in [2.05, 4.69) is 65.9 Å². The average Bonchev–Trinajstić information content (AvgIpc) is 3.21. The van der Waals surface area contributed by atoms with Gasteiger partial charge in [-0.2, -0.15) is 5.10 Å². The van der Waals surface area contributed by atoms with Crippen molar-refractivity contribution in [2.75, 3.05) is 5.32 Å². The maximum Gasteiger partial charge on any atom is 0.601 e. The van der Waals surface area contributed by atoms with Gasteiger partial charge >= 0.3 is 29.7 Å². The van der Waals surface area contributed by atoms with Crippen molar-refractivity contribution in [3.05, 3.63) is 14.9 Å². The van der Waals surface area contributed by atoms with Crippen LogP contribution in [0.3, 0.4) is 0 Å². The fourth-order valence-corrected chi connectivity index (χ4v) is 1.35. The van der Waals surface area contributed by atoms with E-state index in [4.69, 9.17) is 16.2 Å². The Labute approximate surface area is 123 Å². The minimum Gasteiger partial charge on any atom is -0.275 e. The molecule has 2 N–H and O–H groups in total. The highest BCUT2D eigenvalue weighted by Crippen LogP contribution is 2.17. The van der Waals surface area contributed by atoms with Crippen LogP contribution < -0.4 is 5.32 Å². The maximum absolute atomic E-state index is 8.78. The second-order valence-corrected chi connectivity index (χ2v) is 3.56. The quantitative estimate of drug-likeness (QED) is 0.617. The van der Waals surface area contributed by atoms with E-state index in [1.54, 1.807) is 0 Å². The molecule has 0 aliphatic rings. The maximum atomic E-state index is 8.78. The second-order valence-electron chi connectivity index (χ2n) is 3.56. The van der Waals surface area contributed by atoms with Gasteiger partial charge in [0.2, 0.25) is 0 Å². The molecule has 108 valence electrons. The van der Waals surface area contributed by atoms with E-state index in [-0.39, 0.29) is 35.7 Å². The number of diazo groups is 3. The highest BCUT2D eigenvalue weighted by molar-refractivity contribution is 5.44. The van der Waals surface area contributed by atoms with Gasteiger partial charge < -0.3 is 0 Å². The van der Waals surface area contributed by atoms with Gasteiger partial charge in [-0.25, -0.2) is 0 Å². The van der Waals surface area contributed by atoms with Crippen LogP contribution in [0.4, 0.5) is 29.7 Å². The van der Waals surface area contributed by atoms with Gasteiger partial charge in [0, 0.05) is 14.8 Å². The number of aromatic amines is 1. The molecule has 0 fully saturated rings. The first kappa shape index (κ1) is 13.3. The van der Waals surface area contributed by atoms with Crippen LogP contribution >= 0.6 is 0 Å². The van der Waals surface area contributed by atoms with Crippen molar-refractivity contribution in [2.24, 2.45) is 0 Å². The lowest BCUT2D eigenvalue weighted by Gasteiger charge is -1.94. The first-order valence-corrected chi connectivity index (χ1v) is 5.53. The summed E-state index contributed by atoms with van der Waals surface area (Å²) >= 11 is 0. The van der Waals surface area contributed by atoms with E-state index >= 15 is 0 Å². The zero-order chi connectivity index (χ0) is 16.2. The Kier molecular flexibility index (Phi) is 3.08. The molecule has 0 aliphatic carbocycles. The Hall–Kier alpha value is -4.72. The van der Waals surface area contributed by atoms with E-state index in [1.807, 2.05) is 0 Å². The zero-order valence-corrected chi connectivity index (χ0v) is 10.7. The summed E-state index contributed by atoms with van der Waals surface area (Å²) in [6.45, 7) is 0. The number of aromatic nitrogens is 10. The van der Waals surface area contributed by atoms with Crippen molar-refractivity contribution in [1.29, 1.82) is 16.2 Å². The lowest BCUT2D eigenvalue weighted by atomic mass is 10.9. The van der Waals surface area contributed by atoms with Gasteiger partial charge in [-0.05, 0) is 19.9 Å². The molecule has 0 saturated carbocycles. The van der Waals surface area contributed by atoms with Gasteiger partial charge in [0.15, 0.2) is 0 Å². The van der Waals surface area contributed by atoms with Crippen LogP contribution in [0.5, 0.6) is 0 Å². The van der Waals surface area contributed by atoms with Crippen LogP contribution in [0, 0.1) is 16.2 Å².